The third-order valence-corrected chi connectivity index (χ3v) is 7.92. The van der Waals surface area contributed by atoms with E-state index in [1.807, 2.05) is 6.92 Å². The van der Waals surface area contributed by atoms with Gasteiger partial charge in [0.2, 0.25) is 11.8 Å². The zero-order chi connectivity index (χ0) is 27.9. The van der Waals surface area contributed by atoms with E-state index in [-0.39, 0.29) is 23.5 Å². The summed E-state index contributed by atoms with van der Waals surface area (Å²) in [5.74, 6) is -1.00. The van der Waals surface area contributed by atoms with Gasteiger partial charge in [-0.2, -0.15) is 0 Å². The lowest BCUT2D eigenvalue weighted by atomic mass is 10.1. The zero-order valence-corrected chi connectivity index (χ0v) is 22.7. The van der Waals surface area contributed by atoms with Gasteiger partial charge in [-0.25, -0.2) is 12.8 Å². The summed E-state index contributed by atoms with van der Waals surface area (Å²) in [7, 11) is -1.25. The number of carbonyl (C=O) groups excluding carboxylic acids is 2. The molecule has 0 aliphatic carbocycles. The number of hydrogen-bond donors (Lipinski definition) is 1. The van der Waals surface area contributed by atoms with Crippen LogP contribution < -0.4 is 14.4 Å². The van der Waals surface area contributed by atoms with Crippen molar-refractivity contribution in [2.45, 2.75) is 37.8 Å². The Bertz CT molecular complexity index is 1360. The maximum absolute atomic E-state index is 13.8. The van der Waals surface area contributed by atoms with Crippen molar-refractivity contribution in [3.8, 4) is 5.75 Å². The number of methoxy groups -OCH3 is 1. The molecule has 8 nitrogen and oxygen atoms in total. The van der Waals surface area contributed by atoms with Gasteiger partial charge >= 0.3 is 0 Å². The average Bonchev–Trinajstić information content (AvgIpc) is 2.92. The standard InChI is InChI=1S/C28H32FN3O5S/c1-5-26(28(34)30-3)31(18-21-11-13-22(29)14-12-21)27(33)19-32(23-7-6-8-24(17-23)37-4)38(35,36)25-15-9-20(2)10-16-25/h6-17,26H,5,18-19H2,1-4H3,(H,30,34)/t26-/m0/s1. The van der Waals surface area contributed by atoms with Crippen LogP contribution in [0.1, 0.15) is 24.5 Å². The second kappa shape index (κ2) is 12.6. The number of carbonyl (C=O) groups is 2. The largest absolute Gasteiger partial charge is 0.497 e. The van der Waals surface area contributed by atoms with Crippen molar-refractivity contribution in [3.05, 3.63) is 89.7 Å². The molecule has 38 heavy (non-hydrogen) atoms. The Labute approximate surface area is 223 Å². The van der Waals surface area contributed by atoms with E-state index in [1.165, 1.54) is 61.5 Å². The number of ether oxygens (including phenoxy) is 1. The summed E-state index contributed by atoms with van der Waals surface area (Å²) in [6.45, 7) is 3.02. The Hall–Kier alpha value is -3.92. The monoisotopic (exact) mass is 541 g/mol. The van der Waals surface area contributed by atoms with E-state index in [0.717, 1.165) is 9.87 Å². The lowest BCUT2D eigenvalue weighted by molar-refractivity contribution is -0.140. The van der Waals surface area contributed by atoms with Crippen LogP contribution in [0.2, 0.25) is 0 Å². The highest BCUT2D eigenvalue weighted by molar-refractivity contribution is 7.92. The molecule has 1 N–H and O–H groups in total. The molecule has 202 valence electrons. The first-order valence-corrected chi connectivity index (χ1v) is 13.5. The minimum Gasteiger partial charge on any atom is -0.497 e. The number of nitrogens with zero attached hydrogens (tertiary/aromatic N) is 2. The minimum atomic E-state index is -4.18. The average molecular weight is 542 g/mol. The van der Waals surface area contributed by atoms with Gasteiger partial charge in [0.1, 0.15) is 24.2 Å². The number of anilines is 1. The Morgan fingerprint density at radius 2 is 1.68 bits per heavy atom. The molecule has 3 rings (SSSR count). The molecule has 2 amide bonds. The number of sulfonamides is 1. The number of likely N-dealkylation sites (N-methyl/N-ethyl adjacent to an activating group) is 1. The SMILES string of the molecule is CC[C@@H](C(=O)NC)N(Cc1ccc(F)cc1)C(=O)CN(c1cccc(OC)c1)S(=O)(=O)c1ccc(C)cc1. The fraction of sp³-hybridized carbons (Fsp3) is 0.286. The highest BCUT2D eigenvalue weighted by atomic mass is 32.2. The molecule has 0 saturated carbocycles. The fourth-order valence-corrected chi connectivity index (χ4v) is 5.41. The topological polar surface area (TPSA) is 96.0 Å². The van der Waals surface area contributed by atoms with E-state index in [2.05, 4.69) is 5.32 Å². The molecule has 0 aliphatic heterocycles. The van der Waals surface area contributed by atoms with Crippen molar-refractivity contribution in [2.24, 2.45) is 0 Å². The summed E-state index contributed by atoms with van der Waals surface area (Å²) in [5.41, 5.74) is 1.71. The molecule has 3 aromatic carbocycles. The molecule has 3 aromatic rings. The van der Waals surface area contributed by atoms with Crippen LogP contribution in [0.5, 0.6) is 5.75 Å². The lowest BCUT2D eigenvalue weighted by Gasteiger charge is -2.33. The van der Waals surface area contributed by atoms with Crippen LogP contribution >= 0.6 is 0 Å². The molecule has 0 saturated heterocycles. The van der Waals surface area contributed by atoms with Gasteiger partial charge in [0.15, 0.2) is 0 Å². The van der Waals surface area contributed by atoms with Crippen molar-refractivity contribution >= 4 is 27.5 Å². The van der Waals surface area contributed by atoms with Gasteiger partial charge in [-0.15, -0.1) is 0 Å². The van der Waals surface area contributed by atoms with Crippen LogP contribution in [0, 0.1) is 12.7 Å². The Morgan fingerprint density at radius 1 is 1.03 bits per heavy atom. The third-order valence-electron chi connectivity index (χ3n) is 6.13. The molecule has 1 atom stereocenters. The first kappa shape index (κ1) is 28.6. The molecule has 10 heteroatoms. The fourth-order valence-electron chi connectivity index (χ4n) is 4.00. The summed E-state index contributed by atoms with van der Waals surface area (Å²) >= 11 is 0. The van der Waals surface area contributed by atoms with Gasteiger partial charge in [-0.3, -0.25) is 13.9 Å². The van der Waals surface area contributed by atoms with Crippen molar-refractivity contribution in [1.29, 1.82) is 0 Å². The molecule has 0 radical (unpaired) electrons. The van der Waals surface area contributed by atoms with E-state index in [9.17, 15) is 22.4 Å². The van der Waals surface area contributed by atoms with Gasteiger partial charge in [-0.05, 0) is 55.3 Å². The molecular weight excluding hydrogens is 509 g/mol. The zero-order valence-electron chi connectivity index (χ0n) is 21.8. The summed E-state index contributed by atoms with van der Waals surface area (Å²) in [6, 6.07) is 17.4. The van der Waals surface area contributed by atoms with Crippen LogP contribution in [0.4, 0.5) is 10.1 Å². The second-order valence-corrected chi connectivity index (χ2v) is 10.6. The summed E-state index contributed by atoms with van der Waals surface area (Å²) < 4.78 is 47.4. The minimum absolute atomic E-state index is 0.0123. The van der Waals surface area contributed by atoms with Gasteiger partial charge in [-0.1, -0.05) is 42.8 Å². The smallest absolute Gasteiger partial charge is 0.264 e. The molecule has 0 aliphatic rings. The van der Waals surface area contributed by atoms with Crippen LogP contribution in [0.15, 0.2) is 77.7 Å². The van der Waals surface area contributed by atoms with Crippen molar-refractivity contribution in [2.75, 3.05) is 25.0 Å². The molecule has 0 bridgehead atoms. The van der Waals surface area contributed by atoms with Crippen LogP contribution in [0.3, 0.4) is 0 Å². The normalized spacial score (nSPS) is 11.9. The molecule has 0 aromatic heterocycles. The first-order chi connectivity index (χ1) is 18.1. The molecular formula is C28H32FN3O5S. The summed E-state index contributed by atoms with van der Waals surface area (Å²) in [5, 5.41) is 2.57. The summed E-state index contributed by atoms with van der Waals surface area (Å²) in [6.07, 6.45) is 0.288. The second-order valence-electron chi connectivity index (χ2n) is 8.71. The quantitative estimate of drug-likeness (QED) is 0.397. The van der Waals surface area contributed by atoms with Gasteiger partial charge in [0.25, 0.3) is 10.0 Å². The number of nitrogens with one attached hydrogen (secondary N) is 1. The number of hydrogen-bond acceptors (Lipinski definition) is 5. The van der Waals surface area contributed by atoms with Crippen molar-refractivity contribution in [1.82, 2.24) is 10.2 Å². The highest BCUT2D eigenvalue weighted by Gasteiger charge is 2.33. The Kier molecular flexibility index (Phi) is 9.46. The van der Waals surface area contributed by atoms with Gasteiger partial charge in [0.05, 0.1) is 17.7 Å². The van der Waals surface area contributed by atoms with E-state index in [1.54, 1.807) is 37.3 Å². The molecule has 0 spiro atoms. The predicted octanol–water partition coefficient (Wildman–Crippen LogP) is 3.89. The number of halogens is 1. The predicted molar refractivity (Wildman–Crippen MR) is 144 cm³/mol. The highest BCUT2D eigenvalue weighted by Crippen LogP contribution is 2.28. The van der Waals surface area contributed by atoms with Crippen molar-refractivity contribution in [3.63, 3.8) is 0 Å². The molecule has 0 fully saturated rings. The Morgan fingerprint density at radius 3 is 2.26 bits per heavy atom. The van der Waals surface area contributed by atoms with E-state index >= 15 is 0 Å². The maximum atomic E-state index is 13.8. The van der Waals surface area contributed by atoms with Crippen LogP contribution in [0.25, 0.3) is 0 Å². The number of amides is 2. The third kappa shape index (κ3) is 6.69. The van der Waals surface area contributed by atoms with Crippen LogP contribution in [-0.2, 0) is 26.2 Å². The summed E-state index contributed by atoms with van der Waals surface area (Å²) in [4.78, 5) is 27.9. The molecule has 0 unspecified atom stereocenters. The number of aryl methyl sites for hydroxylation is 1. The van der Waals surface area contributed by atoms with Crippen molar-refractivity contribution < 1.29 is 27.1 Å². The number of rotatable bonds is 11. The van der Waals surface area contributed by atoms with E-state index in [0.29, 0.717) is 11.3 Å². The first-order valence-electron chi connectivity index (χ1n) is 12.1. The molecule has 0 heterocycles. The van der Waals surface area contributed by atoms with Gasteiger partial charge < -0.3 is 15.0 Å². The van der Waals surface area contributed by atoms with E-state index in [4.69, 9.17) is 4.74 Å². The van der Waals surface area contributed by atoms with Crippen LogP contribution in [-0.4, -0.2) is 51.9 Å². The van der Waals surface area contributed by atoms with E-state index < -0.39 is 40.2 Å². The Balaban J connectivity index is 2.07. The maximum Gasteiger partial charge on any atom is 0.264 e. The number of benzene rings is 3. The lowest BCUT2D eigenvalue weighted by Crippen LogP contribution is -2.51. The van der Waals surface area contributed by atoms with Gasteiger partial charge in [0, 0.05) is 19.7 Å².